The summed E-state index contributed by atoms with van der Waals surface area (Å²) in [6.45, 7) is 8.13. The average molecular weight is 282 g/mol. The number of amides is 1. The van der Waals surface area contributed by atoms with Crippen LogP contribution in [0, 0.1) is 13.8 Å². The van der Waals surface area contributed by atoms with Gasteiger partial charge in [0.2, 0.25) is 5.95 Å². The van der Waals surface area contributed by atoms with Crippen molar-refractivity contribution in [1.82, 2.24) is 9.97 Å². The highest BCUT2D eigenvalue weighted by Crippen LogP contribution is 2.14. The Morgan fingerprint density at radius 1 is 1.29 bits per heavy atom. The summed E-state index contributed by atoms with van der Waals surface area (Å²) in [7, 11) is 0. The summed E-state index contributed by atoms with van der Waals surface area (Å²) in [5, 5.41) is 5.80. The molecule has 0 bridgehead atoms. The monoisotopic (exact) mass is 282 g/mol. The van der Waals surface area contributed by atoms with Gasteiger partial charge in [-0.15, -0.1) is 6.58 Å². The second-order valence-electron chi connectivity index (χ2n) is 4.77. The number of benzene rings is 1. The van der Waals surface area contributed by atoms with Crippen LogP contribution in [0.2, 0.25) is 0 Å². The van der Waals surface area contributed by atoms with Crippen LogP contribution in [-0.2, 0) is 0 Å². The summed E-state index contributed by atoms with van der Waals surface area (Å²) >= 11 is 0. The molecule has 0 atom stereocenters. The molecule has 1 aromatic heterocycles. The van der Waals surface area contributed by atoms with Crippen molar-refractivity contribution in [3.05, 3.63) is 59.9 Å². The molecule has 5 nitrogen and oxygen atoms in total. The first-order valence-corrected chi connectivity index (χ1v) is 6.66. The number of hydrogen-bond donors (Lipinski definition) is 2. The molecule has 0 fully saturated rings. The van der Waals surface area contributed by atoms with Crippen LogP contribution in [0.4, 0.5) is 11.6 Å². The van der Waals surface area contributed by atoms with E-state index < -0.39 is 0 Å². The van der Waals surface area contributed by atoms with Gasteiger partial charge in [0.15, 0.2) is 0 Å². The Hall–Kier alpha value is -2.69. The van der Waals surface area contributed by atoms with Gasteiger partial charge < -0.3 is 10.6 Å². The Bertz CT molecular complexity index is 647. The molecule has 1 heterocycles. The Kier molecular flexibility index (Phi) is 4.66. The molecule has 0 spiro atoms. The molecule has 2 rings (SSSR count). The zero-order valence-electron chi connectivity index (χ0n) is 12.2. The first-order chi connectivity index (χ1) is 10.1. The third-order valence-electron chi connectivity index (χ3n) is 2.77. The van der Waals surface area contributed by atoms with Crippen molar-refractivity contribution >= 4 is 17.5 Å². The van der Waals surface area contributed by atoms with E-state index in [-0.39, 0.29) is 5.91 Å². The minimum absolute atomic E-state index is 0.260. The van der Waals surface area contributed by atoms with Gasteiger partial charge in [-0.25, -0.2) is 9.97 Å². The number of nitrogens with zero attached hydrogens (tertiary/aromatic N) is 2. The van der Waals surface area contributed by atoms with E-state index in [1.165, 1.54) is 0 Å². The van der Waals surface area contributed by atoms with Crippen LogP contribution in [0.25, 0.3) is 0 Å². The van der Waals surface area contributed by atoms with Crippen molar-refractivity contribution in [3.63, 3.8) is 0 Å². The van der Waals surface area contributed by atoms with Crippen LogP contribution in [0.1, 0.15) is 21.6 Å². The highest BCUT2D eigenvalue weighted by Gasteiger charge is 2.09. The molecule has 2 N–H and O–H groups in total. The smallest absolute Gasteiger partial charge is 0.274 e. The number of rotatable bonds is 5. The quantitative estimate of drug-likeness (QED) is 0.827. The molecular weight excluding hydrogens is 264 g/mol. The molecule has 21 heavy (non-hydrogen) atoms. The summed E-state index contributed by atoms with van der Waals surface area (Å²) in [5.74, 6) is 0.145. The lowest BCUT2D eigenvalue weighted by molar-refractivity contribution is 0.102. The van der Waals surface area contributed by atoms with Gasteiger partial charge in [0.1, 0.15) is 5.69 Å². The van der Waals surface area contributed by atoms with Crippen molar-refractivity contribution in [2.24, 2.45) is 0 Å². The maximum Gasteiger partial charge on any atom is 0.274 e. The second kappa shape index (κ2) is 6.65. The minimum Gasteiger partial charge on any atom is -0.351 e. The second-order valence-corrected chi connectivity index (χ2v) is 4.77. The van der Waals surface area contributed by atoms with Crippen LogP contribution in [0.3, 0.4) is 0 Å². The lowest BCUT2D eigenvalue weighted by atomic mass is 10.1. The Morgan fingerprint density at radius 3 is 2.67 bits per heavy atom. The van der Waals surface area contributed by atoms with E-state index >= 15 is 0 Å². The van der Waals surface area contributed by atoms with Gasteiger partial charge in [0.25, 0.3) is 5.91 Å². The van der Waals surface area contributed by atoms with Gasteiger partial charge in [-0.1, -0.05) is 12.1 Å². The summed E-state index contributed by atoms with van der Waals surface area (Å²) < 4.78 is 0. The van der Waals surface area contributed by atoms with Gasteiger partial charge in [0, 0.05) is 18.4 Å². The molecule has 1 aromatic carbocycles. The first-order valence-electron chi connectivity index (χ1n) is 6.66. The summed E-state index contributed by atoms with van der Waals surface area (Å²) in [6.07, 6.45) is 3.25. The predicted octanol–water partition coefficient (Wildman–Crippen LogP) is 2.94. The standard InChI is InChI=1S/C16H18N4O/c1-4-6-17-16-18-7-5-14(20-16)15(21)19-13-9-11(2)8-12(3)10-13/h4-5,7-10H,1,6H2,2-3H3,(H,19,21)(H,17,18,20). The number of carbonyl (C=O) groups excluding carboxylic acids is 1. The molecule has 0 unspecified atom stereocenters. The maximum absolute atomic E-state index is 12.2. The summed E-state index contributed by atoms with van der Waals surface area (Å²) in [6, 6.07) is 7.47. The molecule has 0 saturated heterocycles. The average Bonchev–Trinajstić information content (AvgIpc) is 2.44. The van der Waals surface area contributed by atoms with Crippen molar-refractivity contribution in [2.45, 2.75) is 13.8 Å². The number of aromatic nitrogens is 2. The molecule has 1 amide bonds. The third-order valence-corrected chi connectivity index (χ3v) is 2.77. The van der Waals surface area contributed by atoms with E-state index in [2.05, 4.69) is 33.2 Å². The zero-order valence-corrected chi connectivity index (χ0v) is 12.2. The molecule has 2 aromatic rings. The van der Waals surface area contributed by atoms with Gasteiger partial charge in [0.05, 0.1) is 0 Å². The topological polar surface area (TPSA) is 66.9 Å². The summed E-state index contributed by atoms with van der Waals surface area (Å²) in [4.78, 5) is 20.4. The van der Waals surface area contributed by atoms with E-state index in [9.17, 15) is 4.79 Å². The number of nitrogens with one attached hydrogen (secondary N) is 2. The minimum atomic E-state index is -0.260. The van der Waals surface area contributed by atoms with Gasteiger partial charge >= 0.3 is 0 Å². The van der Waals surface area contributed by atoms with Crippen LogP contribution in [0.15, 0.2) is 43.1 Å². The number of anilines is 2. The molecule has 0 saturated carbocycles. The van der Waals surface area contributed by atoms with Gasteiger partial charge in [-0.3, -0.25) is 4.79 Å². The fourth-order valence-corrected chi connectivity index (χ4v) is 1.98. The van der Waals surface area contributed by atoms with E-state index in [0.29, 0.717) is 18.2 Å². The molecule has 108 valence electrons. The predicted molar refractivity (Wildman–Crippen MR) is 84.6 cm³/mol. The summed E-state index contributed by atoms with van der Waals surface area (Å²) in [5.41, 5.74) is 3.27. The van der Waals surface area contributed by atoms with Crippen LogP contribution >= 0.6 is 0 Å². The van der Waals surface area contributed by atoms with Gasteiger partial charge in [-0.2, -0.15) is 0 Å². The fraction of sp³-hybridized carbons (Fsp3) is 0.188. The number of carbonyl (C=O) groups is 1. The maximum atomic E-state index is 12.2. The third kappa shape index (κ3) is 4.14. The zero-order chi connectivity index (χ0) is 15.2. The Balaban J connectivity index is 2.14. The van der Waals surface area contributed by atoms with E-state index in [0.717, 1.165) is 16.8 Å². The Labute approximate surface area is 124 Å². The van der Waals surface area contributed by atoms with Crippen LogP contribution < -0.4 is 10.6 Å². The number of hydrogen-bond acceptors (Lipinski definition) is 4. The van der Waals surface area contributed by atoms with E-state index in [1.807, 2.05) is 26.0 Å². The fourth-order valence-electron chi connectivity index (χ4n) is 1.98. The lowest BCUT2D eigenvalue weighted by Crippen LogP contribution is -2.15. The largest absolute Gasteiger partial charge is 0.351 e. The number of aryl methyl sites for hydroxylation is 2. The van der Waals surface area contributed by atoms with Crippen molar-refractivity contribution in [3.8, 4) is 0 Å². The highest BCUT2D eigenvalue weighted by molar-refractivity contribution is 6.03. The van der Waals surface area contributed by atoms with Crippen molar-refractivity contribution in [1.29, 1.82) is 0 Å². The molecule has 0 radical (unpaired) electrons. The SMILES string of the molecule is C=CCNc1nccc(C(=O)Nc2cc(C)cc(C)c2)n1. The highest BCUT2D eigenvalue weighted by atomic mass is 16.1. The van der Waals surface area contributed by atoms with Crippen molar-refractivity contribution < 1.29 is 4.79 Å². The van der Waals surface area contributed by atoms with Crippen LogP contribution in [-0.4, -0.2) is 22.4 Å². The molecule has 5 heteroatoms. The molecular formula is C16H18N4O. The lowest BCUT2D eigenvalue weighted by Gasteiger charge is -2.08. The normalized spacial score (nSPS) is 10.0. The molecule has 0 aliphatic carbocycles. The Morgan fingerprint density at radius 2 is 2.00 bits per heavy atom. The van der Waals surface area contributed by atoms with Crippen molar-refractivity contribution in [2.75, 3.05) is 17.2 Å². The van der Waals surface area contributed by atoms with E-state index in [1.54, 1.807) is 18.3 Å². The van der Waals surface area contributed by atoms with Crippen LogP contribution in [0.5, 0.6) is 0 Å². The van der Waals surface area contributed by atoms with E-state index in [4.69, 9.17) is 0 Å². The first kappa shape index (κ1) is 14.7. The van der Waals surface area contributed by atoms with Gasteiger partial charge in [-0.05, 0) is 43.2 Å². The molecule has 0 aliphatic heterocycles. The molecule has 0 aliphatic rings.